The molecule has 0 spiro atoms. The molecule has 0 bridgehead atoms. The molecule has 0 atom stereocenters. The van der Waals surface area contributed by atoms with Crippen LogP contribution < -0.4 is 0 Å². The Hall–Kier alpha value is -1.04. The van der Waals surface area contributed by atoms with E-state index in [1.807, 2.05) is 11.8 Å². The molecule has 1 fully saturated rings. The van der Waals surface area contributed by atoms with Crippen LogP contribution in [-0.4, -0.2) is 37.8 Å². The number of hydrogen-bond donors (Lipinski definition) is 2. The summed E-state index contributed by atoms with van der Waals surface area (Å²) >= 11 is 1.95. The van der Waals surface area contributed by atoms with Gasteiger partial charge in [-0.15, -0.1) is 0 Å². The van der Waals surface area contributed by atoms with Gasteiger partial charge in [0.1, 0.15) is 12.2 Å². The van der Waals surface area contributed by atoms with E-state index >= 15 is 0 Å². The predicted octanol–water partition coefficient (Wildman–Crippen LogP) is 1.04. The van der Waals surface area contributed by atoms with Crippen molar-refractivity contribution < 1.29 is 9.90 Å². The van der Waals surface area contributed by atoms with Gasteiger partial charge in [-0.3, -0.25) is 9.89 Å². The molecule has 2 heterocycles. The molecule has 0 aromatic carbocycles. The first-order chi connectivity index (χ1) is 7.25. The second kappa shape index (κ2) is 4.65. The molecule has 0 unspecified atom stereocenters. The molecular weight excluding hydrogens is 214 g/mol. The SMILES string of the molecule is O=C(O)Cc1nc(C2CCSCC2)n[nH]1. The molecule has 6 heteroatoms. The van der Waals surface area contributed by atoms with E-state index in [2.05, 4.69) is 15.2 Å². The molecule has 0 amide bonds. The molecule has 0 radical (unpaired) electrons. The third-order valence-corrected chi connectivity index (χ3v) is 3.50. The highest BCUT2D eigenvalue weighted by atomic mass is 32.2. The van der Waals surface area contributed by atoms with Gasteiger partial charge in [0, 0.05) is 5.92 Å². The number of H-pyrrole nitrogens is 1. The molecule has 82 valence electrons. The van der Waals surface area contributed by atoms with Crippen molar-refractivity contribution in [3.8, 4) is 0 Å². The molecular formula is C9H13N3O2S. The lowest BCUT2D eigenvalue weighted by molar-refractivity contribution is -0.136. The van der Waals surface area contributed by atoms with E-state index in [9.17, 15) is 4.79 Å². The van der Waals surface area contributed by atoms with Gasteiger partial charge in [0.25, 0.3) is 0 Å². The summed E-state index contributed by atoms with van der Waals surface area (Å²) in [6.07, 6.45) is 2.11. The minimum Gasteiger partial charge on any atom is -0.481 e. The summed E-state index contributed by atoms with van der Waals surface area (Å²) in [5, 5.41) is 15.4. The Morgan fingerprint density at radius 2 is 2.27 bits per heavy atom. The Bertz CT molecular complexity index is 347. The fourth-order valence-corrected chi connectivity index (χ4v) is 2.78. The molecule has 5 nitrogen and oxygen atoms in total. The van der Waals surface area contributed by atoms with Crippen molar-refractivity contribution in [2.24, 2.45) is 0 Å². The summed E-state index contributed by atoms with van der Waals surface area (Å²) in [4.78, 5) is 14.7. The number of rotatable bonds is 3. The van der Waals surface area contributed by atoms with Crippen molar-refractivity contribution in [2.45, 2.75) is 25.2 Å². The lowest BCUT2D eigenvalue weighted by atomic mass is 10.0. The number of carboxylic acid groups (broad SMARTS) is 1. The Morgan fingerprint density at radius 3 is 2.93 bits per heavy atom. The Balaban J connectivity index is 2.02. The van der Waals surface area contributed by atoms with Crippen molar-refractivity contribution in [3.05, 3.63) is 11.6 Å². The molecule has 1 aliphatic heterocycles. The van der Waals surface area contributed by atoms with Gasteiger partial charge >= 0.3 is 5.97 Å². The van der Waals surface area contributed by atoms with Crippen molar-refractivity contribution in [1.29, 1.82) is 0 Å². The normalized spacial score (nSPS) is 17.9. The number of nitrogens with zero attached hydrogens (tertiary/aromatic N) is 2. The summed E-state index contributed by atoms with van der Waals surface area (Å²) in [6, 6.07) is 0. The second-order valence-electron chi connectivity index (χ2n) is 3.60. The molecule has 2 N–H and O–H groups in total. The number of carboxylic acids is 1. The van der Waals surface area contributed by atoms with E-state index in [0.717, 1.165) is 30.2 Å². The maximum atomic E-state index is 10.5. The summed E-state index contributed by atoms with van der Waals surface area (Å²) in [5.74, 6) is 3.06. The minimum atomic E-state index is -0.878. The first-order valence-electron chi connectivity index (χ1n) is 4.96. The van der Waals surface area contributed by atoms with Crippen LogP contribution in [-0.2, 0) is 11.2 Å². The first-order valence-corrected chi connectivity index (χ1v) is 6.12. The molecule has 0 aliphatic carbocycles. The molecule has 1 aromatic heterocycles. The third-order valence-electron chi connectivity index (χ3n) is 2.45. The van der Waals surface area contributed by atoms with Crippen LogP contribution in [0.25, 0.3) is 0 Å². The summed E-state index contributed by atoms with van der Waals surface area (Å²) in [6.45, 7) is 0. The zero-order valence-electron chi connectivity index (χ0n) is 8.27. The Kier molecular flexibility index (Phi) is 3.25. The summed E-state index contributed by atoms with van der Waals surface area (Å²) in [5.41, 5.74) is 0. The average molecular weight is 227 g/mol. The number of aliphatic carboxylic acids is 1. The van der Waals surface area contributed by atoms with Crippen LogP contribution >= 0.6 is 11.8 Å². The fourth-order valence-electron chi connectivity index (χ4n) is 1.67. The molecule has 1 aliphatic rings. The number of hydrogen-bond acceptors (Lipinski definition) is 4. The van der Waals surface area contributed by atoms with Gasteiger partial charge in [-0.25, -0.2) is 4.98 Å². The monoisotopic (exact) mass is 227 g/mol. The van der Waals surface area contributed by atoms with Crippen molar-refractivity contribution >= 4 is 17.7 Å². The van der Waals surface area contributed by atoms with E-state index in [-0.39, 0.29) is 6.42 Å². The third kappa shape index (κ3) is 2.71. The Labute approximate surface area is 91.7 Å². The molecule has 1 saturated heterocycles. The predicted molar refractivity (Wildman–Crippen MR) is 57.0 cm³/mol. The van der Waals surface area contributed by atoms with Crippen LogP contribution in [0.2, 0.25) is 0 Å². The highest BCUT2D eigenvalue weighted by Crippen LogP contribution is 2.29. The molecule has 15 heavy (non-hydrogen) atoms. The van der Waals surface area contributed by atoms with Gasteiger partial charge in [-0.05, 0) is 24.3 Å². The van der Waals surface area contributed by atoms with E-state index in [1.165, 1.54) is 0 Å². The summed E-state index contributed by atoms with van der Waals surface area (Å²) in [7, 11) is 0. The molecule has 0 saturated carbocycles. The van der Waals surface area contributed by atoms with Gasteiger partial charge in [0.2, 0.25) is 0 Å². The van der Waals surface area contributed by atoms with E-state index in [1.54, 1.807) is 0 Å². The van der Waals surface area contributed by atoms with Crippen LogP contribution in [0.4, 0.5) is 0 Å². The topological polar surface area (TPSA) is 78.9 Å². The van der Waals surface area contributed by atoms with Gasteiger partial charge in [0.15, 0.2) is 5.82 Å². The zero-order valence-corrected chi connectivity index (χ0v) is 9.09. The van der Waals surface area contributed by atoms with E-state index < -0.39 is 5.97 Å². The number of carbonyl (C=O) groups is 1. The van der Waals surface area contributed by atoms with Gasteiger partial charge in [0.05, 0.1) is 0 Å². The lowest BCUT2D eigenvalue weighted by Crippen LogP contribution is -2.09. The molecule has 2 rings (SSSR count). The Morgan fingerprint density at radius 1 is 1.53 bits per heavy atom. The highest BCUT2D eigenvalue weighted by Gasteiger charge is 2.20. The largest absolute Gasteiger partial charge is 0.481 e. The van der Waals surface area contributed by atoms with Gasteiger partial charge in [-0.2, -0.15) is 16.9 Å². The van der Waals surface area contributed by atoms with Crippen LogP contribution in [0, 0.1) is 0 Å². The summed E-state index contributed by atoms with van der Waals surface area (Å²) < 4.78 is 0. The minimum absolute atomic E-state index is 0.0749. The van der Waals surface area contributed by atoms with Gasteiger partial charge < -0.3 is 5.11 Å². The number of aromatic nitrogens is 3. The van der Waals surface area contributed by atoms with Crippen LogP contribution in [0.3, 0.4) is 0 Å². The average Bonchev–Trinajstić information content (AvgIpc) is 2.67. The van der Waals surface area contributed by atoms with E-state index in [0.29, 0.717) is 11.7 Å². The number of aromatic amines is 1. The number of thioether (sulfide) groups is 1. The van der Waals surface area contributed by atoms with Crippen LogP contribution in [0.15, 0.2) is 0 Å². The first kappa shape index (κ1) is 10.5. The fraction of sp³-hybridized carbons (Fsp3) is 0.667. The standard InChI is InChI=1S/C9H13N3O2S/c13-8(14)5-7-10-9(12-11-7)6-1-3-15-4-2-6/h6H,1-5H2,(H,13,14)(H,10,11,12). The second-order valence-corrected chi connectivity index (χ2v) is 4.82. The van der Waals surface area contributed by atoms with Crippen molar-refractivity contribution in [2.75, 3.05) is 11.5 Å². The van der Waals surface area contributed by atoms with Gasteiger partial charge in [-0.1, -0.05) is 0 Å². The smallest absolute Gasteiger partial charge is 0.311 e. The maximum absolute atomic E-state index is 10.5. The maximum Gasteiger partial charge on any atom is 0.311 e. The molecule has 1 aromatic rings. The van der Waals surface area contributed by atoms with Crippen LogP contribution in [0.1, 0.15) is 30.4 Å². The quantitative estimate of drug-likeness (QED) is 0.806. The lowest BCUT2D eigenvalue weighted by Gasteiger charge is -2.17. The zero-order chi connectivity index (χ0) is 10.7. The van der Waals surface area contributed by atoms with E-state index in [4.69, 9.17) is 5.11 Å². The van der Waals surface area contributed by atoms with Crippen molar-refractivity contribution in [1.82, 2.24) is 15.2 Å². The van der Waals surface area contributed by atoms with Crippen molar-refractivity contribution in [3.63, 3.8) is 0 Å². The van der Waals surface area contributed by atoms with Crippen LogP contribution in [0.5, 0.6) is 0 Å². The highest BCUT2D eigenvalue weighted by molar-refractivity contribution is 7.99. The number of nitrogens with one attached hydrogen (secondary N) is 1.